The SMILES string of the molecule is COc1cc(C)cc(C2CCN2)c1O. The predicted molar refractivity (Wildman–Crippen MR) is 54.8 cm³/mol. The Kier molecular flexibility index (Phi) is 2.33. The molecule has 3 heteroatoms. The van der Waals surface area contributed by atoms with Crippen LogP contribution in [0.4, 0.5) is 0 Å². The second kappa shape index (κ2) is 3.50. The van der Waals surface area contributed by atoms with Gasteiger partial charge in [-0.3, -0.25) is 0 Å². The number of benzene rings is 1. The lowest BCUT2D eigenvalue weighted by molar-refractivity contribution is 0.341. The lowest BCUT2D eigenvalue weighted by atomic mass is 9.95. The normalized spacial score (nSPS) is 20.3. The van der Waals surface area contributed by atoms with Gasteiger partial charge in [-0.05, 0) is 31.5 Å². The maximum absolute atomic E-state index is 9.88. The van der Waals surface area contributed by atoms with Crippen LogP contribution in [0.3, 0.4) is 0 Å². The van der Waals surface area contributed by atoms with Gasteiger partial charge in [0.25, 0.3) is 0 Å². The Bertz CT molecular complexity index is 345. The number of rotatable bonds is 2. The van der Waals surface area contributed by atoms with E-state index < -0.39 is 0 Å². The molecule has 3 nitrogen and oxygen atoms in total. The minimum Gasteiger partial charge on any atom is -0.504 e. The van der Waals surface area contributed by atoms with Gasteiger partial charge in [0, 0.05) is 11.6 Å². The first-order chi connectivity index (χ1) is 6.72. The number of methoxy groups -OCH3 is 1. The van der Waals surface area contributed by atoms with Crippen molar-refractivity contribution in [3.05, 3.63) is 23.3 Å². The fourth-order valence-corrected chi connectivity index (χ4v) is 1.75. The molecule has 1 saturated heterocycles. The summed E-state index contributed by atoms with van der Waals surface area (Å²) in [5.41, 5.74) is 2.07. The summed E-state index contributed by atoms with van der Waals surface area (Å²) in [5, 5.41) is 13.1. The van der Waals surface area contributed by atoms with Crippen LogP contribution in [0.15, 0.2) is 12.1 Å². The van der Waals surface area contributed by atoms with Gasteiger partial charge in [0.05, 0.1) is 7.11 Å². The fourth-order valence-electron chi connectivity index (χ4n) is 1.75. The van der Waals surface area contributed by atoms with E-state index in [4.69, 9.17) is 4.74 Å². The molecule has 1 unspecified atom stereocenters. The molecule has 1 aliphatic rings. The van der Waals surface area contributed by atoms with E-state index in [0.29, 0.717) is 11.8 Å². The zero-order valence-corrected chi connectivity index (χ0v) is 8.50. The van der Waals surface area contributed by atoms with Gasteiger partial charge in [-0.2, -0.15) is 0 Å². The van der Waals surface area contributed by atoms with Gasteiger partial charge < -0.3 is 15.2 Å². The van der Waals surface area contributed by atoms with E-state index in [1.54, 1.807) is 7.11 Å². The largest absolute Gasteiger partial charge is 0.504 e. The smallest absolute Gasteiger partial charge is 0.162 e. The number of nitrogens with one attached hydrogen (secondary N) is 1. The fraction of sp³-hybridized carbons (Fsp3) is 0.455. The van der Waals surface area contributed by atoms with Gasteiger partial charge >= 0.3 is 0 Å². The van der Waals surface area contributed by atoms with Crippen molar-refractivity contribution in [3.63, 3.8) is 0 Å². The quantitative estimate of drug-likeness (QED) is 0.751. The summed E-state index contributed by atoms with van der Waals surface area (Å²) in [6, 6.07) is 4.15. The molecule has 0 radical (unpaired) electrons. The molecule has 0 saturated carbocycles. The molecule has 0 aromatic heterocycles. The number of ether oxygens (including phenoxy) is 1. The van der Waals surface area contributed by atoms with Gasteiger partial charge in [0.2, 0.25) is 0 Å². The molecule has 14 heavy (non-hydrogen) atoms. The van der Waals surface area contributed by atoms with Crippen LogP contribution >= 0.6 is 0 Å². The van der Waals surface area contributed by atoms with Crippen LogP contribution < -0.4 is 10.1 Å². The highest BCUT2D eigenvalue weighted by Crippen LogP contribution is 2.37. The Balaban J connectivity index is 2.41. The average molecular weight is 193 g/mol. The highest BCUT2D eigenvalue weighted by Gasteiger charge is 2.23. The summed E-state index contributed by atoms with van der Waals surface area (Å²) >= 11 is 0. The standard InChI is InChI=1S/C11H15NO2/c1-7-5-8(9-3-4-12-9)11(13)10(6-7)14-2/h5-6,9,12-13H,3-4H2,1-2H3. The van der Waals surface area contributed by atoms with Crippen molar-refractivity contribution in [1.29, 1.82) is 0 Å². The molecule has 1 heterocycles. The Labute approximate surface area is 83.7 Å². The molecule has 2 rings (SSSR count). The molecule has 0 spiro atoms. The second-order valence-electron chi connectivity index (χ2n) is 3.70. The average Bonchev–Trinajstić information content (AvgIpc) is 2.07. The van der Waals surface area contributed by atoms with Crippen molar-refractivity contribution in [3.8, 4) is 11.5 Å². The molecule has 2 N–H and O–H groups in total. The highest BCUT2D eigenvalue weighted by atomic mass is 16.5. The third kappa shape index (κ3) is 1.44. The summed E-state index contributed by atoms with van der Waals surface area (Å²) in [6.45, 7) is 3.03. The van der Waals surface area contributed by atoms with Gasteiger partial charge in [0.1, 0.15) is 0 Å². The van der Waals surface area contributed by atoms with Crippen LogP contribution in [-0.2, 0) is 0 Å². The monoisotopic (exact) mass is 193 g/mol. The van der Waals surface area contributed by atoms with Gasteiger partial charge in [-0.15, -0.1) is 0 Å². The lowest BCUT2D eigenvalue weighted by Crippen LogP contribution is -2.35. The number of hydrogen-bond acceptors (Lipinski definition) is 3. The summed E-state index contributed by atoms with van der Waals surface area (Å²) in [4.78, 5) is 0. The molecule has 0 amide bonds. The summed E-state index contributed by atoms with van der Waals surface area (Å²) in [6.07, 6.45) is 1.08. The van der Waals surface area contributed by atoms with Crippen LogP contribution in [0.2, 0.25) is 0 Å². The second-order valence-corrected chi connectivity index (χ2v) is 3.70. The Hall–Kier alpha value is -1.22. The molecular formula is C11H15NO2. The third-order valence-corrected chi connectivity index (χ3v) is 2.67. The van der Waals surface area contributed by atoms with E-state index in [9.17, 15) is 5.11 Å². The first-order valence-corrected chi connectivity index (χ1v) is 4.83. The Morgan fingerprint density at radius 1 is 1.50 bits per heavy atom. The van der Waals surface area contributed by atoms with Crippen LogP contribution in [-0.4, -0.2) is 18.8 Å². The first kappa shape index (κ1) is 9.34. The van der Waals surface area contributed by atoms with Crippen LogP contribution in [0.25, 0.3) is 0 Å². The molecule has 0 bridgehead atoms. The molecule has 1 fully saturated rings. The molecule has 1 aromatic rings. The maximum Gasteiger partial charge on any atom is 0.162 e. The van der Waals surface area contributed by atoms with Crippen molar-refractivity contribution in [2.75, 3.05) is 13.7 Å². The van der Waals surface area contributed by atoms with Crippen molar-refractivity contribution in [1.82, 2.24) is 5.32 Å². The number of hydrogen-bond donors (Lipinski definition) is 2. The number of aromatic hydroxyl groups is 1. The molecule has 1 atom stereocenters. The summed E-state index contributed by atoms with van der Waals surface area (Å²) in [5.74, 6) is 0.837. The predicted octanol–water partition coefficient (Wildman–Crippen LogP) is 1.74. The zero-order valence-electron chi connectivity index (χ0n) is 8.50. The minimum absolute atomic E-state index is 0.273. The van der Waals surface area contributed by atoms with Crippen molar-refractivity contribution >= 4 is 0 Å². The summed E-state index contributed by atoms with van der Waals surface area (Å²) in [7, 11) is 1.58. The van der Waals surface area contributed by atoms with E-state index in [2.05, 4.69) is 5.32 Å². The number of phenols is 1. The van der Waals surface area contributed by atoms with E-state index in [0.717, 1.165) is 24.1 Å². The lowest BCUT2D eigenvalue weighted by Gasteiger charge is -2.29. The van der Waals surface area contributed by atoms with E-state index in [-0.39, 0.29) is 5.75 Å². The van der Waals surface area contributed by atoms with Crippen molar-refractivity contribution in [2.24, 2.45) is 0 Å². The number of phenolic OH excluding ortho intramolecular Hbond substituents is 1. The first-order valence-electron chi connectivity index (χ1n) is 4.83. The third-order valence-electron chi connectivity index (χ3n) is 2.67. The zero-order chi connectivity index (χ0) is 10.1. The van der Waals surface area contributed by atoms with Gasteiger partial charge in [0.15, 0.2) is 11.5 Å². The molecule has 1 aromatic carbocycles. The van der Waals surface area contributed by atoms with E-state index in [1.807, 2.05) is 19.1 Å². The topological polar surface area (TPSA) is 41.5 Å². The Morgan fingerprint density at radius 3 is 2.71 bits per heavy atom. The molecule has 1 aliphatic heterocycles. The molecular weight excluding hydrogens is 178 g/mol. The van der Waals surface area contributed by atoms with Crippen LogP contribution in [0.5, 0.6) is 11.5 Å². The number of aryl methyl sites for hydroxylation is 1. The van der Waals surface area contributed by atoms with E-state index >= 15 is 0 Å². The van der Waals surface area contributed by atoms with Gasteiger partial charge in [-0.1, -0.05) is 6.07 Å². The maximum atomic E-state index is 9.88. The Morgan fingerprint density at radius 2 is 2.21 bits per heavy atom. The minimum atomic E-state index is 0.273. The highest BCUT2D eigenvalue weighted by molar-refractivity contribution is 5.50. The van der Waals surface area contributed by atoms with Gasteiger partial charge in [-0.25, -0.2) is 0 Å². The van der Waals surface area contributed by atoms with Crippen LogP contribution in [0, 0.1) is 6.92 Å². The molecule has 0 aliphatic carbocycles. The van der Waals surface area contributed by atoms with Crippen molar-refractivity contribution < 1.29 is 9.84 Å². The van der Waals surface area contributed by atoms with Crippen LogP contribution in [0.1, 0.15) is 23.6 Å². The van der Waals surface area contributed by atoms with E-state index in [1.165, 1.54) is 0 Å². The molecule has 76 valence electrons. The van der Waals surface area contributed by atoms with Crippen molar-refractivity contribution in [2.45, 2.75) is 19.4 Å². The summed E-state index contributed by atoms with van der Waals surface area (Å²) < 4.78 is 5.11.